The highest BCUT2D eigenvalue weighted by molar-refractivity contribution is 14.1. The molecular formula is C16H22I2N2O4. The first-order chi connectivity index (χ1) is 11.0. The predicted octanol–water partition coefficient (Wildman–Crippen LogP) is 3.17. The summed E-state index contributed by atoms with van der Waals surface area (Å²) in [6.07, 6.45) is -0.334. The molecule has 0 heterocycles. The van der Waals surface area contributed by atoms with Crippen molar-refractivity contribution < 1.29 is 19.4 Å². The molecule has 0 aliphatic carbocycles. The van der Waals surface area contributed by atoms with Crippen LogP contribution < -0.4 is 10.6 Å². The third-order valence-electron chi connectivity index (χ3n) is 2.87. The predicted molar refractivity (Wildman–Crippen MR) is 109 cm³/mol. The summed E-state index contributed by atoms with van der Waals surface area (Å²) in [5.74, 6) is -0.0592. The lowest BCUT2D eigenvalue weighted by atomic mass is 10.1. The van der Waals surface area contributed by atoms with Crippen LogP contribution in [0.1, 0.15) is 33.3 Å². The number of hydrogen-bond acceptors (Lipinski definition) is 4. The molecule has 0 spiro atoms. The van der Waals surface area contributed by atoms with E-state index in [0.29, 0.717) is 20.1 Å². The summed E-state index contributed by atoms with van der Waals surface area (Å²) >= 11 is 4.06. The minimum absolute atomic E-state index is 0.217. The molecule has 1 atom stereocenters. The highest BCUT2D eigenvalue weighted by Gasteiger charge is 2.24. The van der Waals surface area contributed by atoms with Gasteiger partial charge in [-0.3, -0.25) is 4.79 Å². The Bertz CT molecular complexity index is 592. The van der Waals surface area contributed by atoms with Gasteiger partial charge < -0.3 is 20.5 Å². The number of nitrogens with one attached hydrogen (secondary N) is 2. The fourth-order valence-corrected chi connectivity index (χ4v) is 3.83. The van der Waals surface area contributed by atoms with Crippen LogP contribution in [0.3, 0.4) is 0 Å². The molecule has 0 fully saturated rings. The summed E-state index contributed by atoms with van der Waals surface area (Å²) in [6, 6.07) is 2.83. The van der Waals surface area contributed by atoms with Crippen LogP contribution in [0.25, 0.3) is 0 Å². The van der Waals surface area contributed by atoms with Crippen molar-refractivity contribution >= 4 is 57.2 Å². The number of carbonyl (C=O) groups is 2. The van der Waals surface area contributed by atoms with Gasteiger partial charge in [-0.15, -0.1) is 0 Å². The van der Waals surface area contributed by atoms with E-state index in [1.165, 1.54) is 0 Å². The lowest BCUT2D eigenvalue weighted by molar-refractivity contribution is -0.123. The van der Waals surface area contributed by atoms with E-state index in [4.69, 9.17) is 4.74 Å². The lowest BCUT2D eigenvalue weighted by Crippen LogP contribution is -2.49. The van der Waals surface area contributed by atoms with Crippen molar-refractivity contribution in [1.82, 2.24) is 10.6 Å². The van der Waals surface area contributed by atoms with Crippen LogP contribution in [0.5, 0.6) is 5.75 Å². The number of phenolic OH excluding ortho intramolecular Hbond substituents is 1. The molecule has 0 bridgehead atoms. The highest BCUT2D eigenvalue weighted by Crippen LogP contribution is 2.27. The smallest absolute Gasteiger partial charge is 0.408 e. The average Bonchev–Trinajstić information content (AvgIpc) is 2.42. The Balaban J connectivity index is 2.94. The van der Waals surface area contributed by atoms with Gasteiger partial charge >= 0.3 is 6.09 Å². The second kappa shape index (κ2) is 9.07. The summed E-state index contributed by atoms with van der Waals surface area (Å²) in [5.41, 5.74) is 0.202. The zero-order chi connectivity index (χ0) is 18.5. The molecule has 2 amide bonds. The quantitative estimate of drug-likeness (QED) is 0.484. The largest absolute Gasteiger partial charge is 0.506 e. The maximum Gasteiger partial charge on any atom is 0.408 e. The standard InChI is InChI=1S/C16H22I2N2O4/c1-5-19-14(22)12(20-15(23)24-16(2,3)4)8-9-6-10(17)13(21)11(18)7-9/h6-7,12,21H,5,8H2,1-4H3,(H,19,22)(H,20,23)/t12-/m1/s1. The van der Waals surface area contributed by atoms with Crippen molar-refractivity contribution in [1.29, 1.82) is 0 Å². The zero-order valence-electron chi connectivity index (χ0n) is 14.1. The van der Waals surface area contributed by atoms with Crippen LogP contribution in [0.2, 0.25) is 0 Å². The number of likely N-dealkylation sites (N-methyl/N-ethyl adjacent to an activating group) is 1. The van der Waals surface area contributed by atoms with E-state index < -0.39 is 17.7 Å². The minimum atomic E-state index is -0.754. The zero-order valence-corrected chi connectivity index (χ0v) is 18.4. The molecule has 0 aliphatic heterocycles. The maximum atomic E-state index is 12.3. The van der Waals surface area contributed by atoms with Crippen molar-refractivity contribution in [3.05, 3.63) is 24.8 Å². The second-order valence-electron chi connectivity index (χ2n) is 6.21. The van der Waals surface area contributed by atoms with E-state index in [1.54, 1.807) is 32.9 Å². The number of ether oxygens (including phenoxy) is 1. The SMILES string of the molecule is CCNC(=O)[C@@H](Cc1cc(I)c(O)c(I)c1)NC(=O)OC(C)(C)C. The van der Waals surface area contributed by atoms with Crippen LogP contribution in [0.15, 0.2) is 12.1 Å². The first-order valence-corrected chi connectivity index (χ1v) is 9.63. The topological polar surface area (TPSA) is 87.7 Å². The Labute approximate surface area is 169 Å². The van der Waals surface area contributed by atoms with Crippen LogP contribution >= 0.6 is 45.2 Å². The van der Waals surface area contributed by atoms with Gasteiger partial charge in [0.15, 0.2) is 0 Å². The van der Waals surface area contributed by atoms with Crippen molar-refractivity contribution in [2.24, 2.45) is 0 Å². The molecule has 0 unspecified atom stereocenters. The van der Waals surface area contributed by atoms with Gasteiger partial charge in [0.05, 0.1) is 7.14 Å². The number of rotatable bonds is 5. The fourth-order valence-electron chi connectivity index (χ4n) is 1.93. The summed E-state index contributed by atoms with van der Waals surface area (Å²) in [5, 5.41) is 15.2. The summed E-state index contributed by atoms with van der Waals surface area (Å²) in [6.45, 7) is 7.57. The Kier molecular flexibility index (Phi) is 8.03. The number of amides is 2. The monoisotopic (exact) mass is 560 g/mol. The average molecular weight is 560 g/mol. The number of phenols is 1. The van der Waals surface area contributed by atoms with Crippen LogP contribution in [-0.2, 0) is 16.0 Å². The van der Waals surface area contributed by atoms with Gasteiger partial charge in [-0.2, -0.15) is 0 Å². The molecule has 0 aliphatic rings. The Morgan fingerprint density at radius 1 is 1.25 bits per heavy atom. The molecule has 0 saturated carbocycles. The molecule has 8 heteroatoms. The summed E-state index contributed by atoms with van der Waals surface area (Å²) in [4.78, 5) is 24.3. The lowest BCUT2D eigenvalue weighted by Gasteiger charge is -2.23. The minimum Gasteiger partial charge on any atom is -0.506 e. The van der Waals surface area contributed by atoms with Crippen LogP contribution in [0.4, 0.5) is 4.79 Å². The van der Waals surface area contributed by atoms with Gasteiger partial charge in [-0.1, -0.05) is 0 Å². The third kappa shape index (κ3) is 6.99. The van der Waals surface area contributed by atoms with Gasteiger partial charge in [0.25, 0.3) is 0 Å². The number of alkyl carbamates (subject to hydrolysis) is 1. The highest BCUT2D eigenvalue weighted by atomic mass is 127. The first-order valence-electron chi connectivity index (χ1n) is 7.47. The van der Waals surface area contributed by atoms with E-state index in [9.17, 15) is 14.7 Å². The Morgan fingerprint density at radius 3 is 2.25 bits per heavy atom. The first kappa shape index (κ1) is 21.3. The third-order valence-corrected chi connectivity index (χ3v) is 4.52. The van der Waals surface area contributed by atoms with Crippen LogP contribution in [-0.4, -0.2) is 35.3 Å². The molecule has 1 rings (SSSR count). The van der Waals surface area contributed by atoms with E-state index in [-0.39, 0.29) is 11.7 Å². The normalized spacial score (nSPS) is 12.4. The van der Waals surface area contributed by atoms with E-state index >= 15 is 0 Å². The number of benzene rings is 1. The Morgan fingerprint density at radius 2 is 1.79 bits per heavy atom. The second-order valence-corrected chi connectivity index (χ2v) is 8.53. The van der Waals surface area contributed by atoms with Gasteiger partial charge in [0.1, 0.15) is 17.4 Å². The van der Waals surface area contributed by atoms with Gasteiger partial charge in [-0.25, -0.2) is 4.79 Å². The van der Waals surface area contributed by atoms with Crippen molar-refractivity contribution in [3.8, 4) is 5.75 Å². The maximum absolute atomic E-state index is 12.3. The fraction of sp³-hybridized carbons (Fsp3) is 0.500. The molecule has 3 N–H and O–H groups in total. The van der Waals surface area contributed by atoms with Gasteiger partial charge in [0, 0.05) is 13.0 Å². The molecule has 6 nitrogen and oxygen atoms in total. The van der Waals surface area contributed by atoms with Crippen molar-refractivity contribution in [2.75, 3.05) is 6.54 Å². The molecule has 1 aromatic carbocycles. The molecule has 0 aromatic heterocycles. The van der Waals surface area contributed by atoms with Gasteiger partial charge in [0.2, 0.25) is 5.91 Å². The number of halogens is 2. The number of aromatic hydroxyl groups is 1. The molecule has 24 heavy (non-hydrogen) atoms. The molecule has 1 aromatic rings. The number of hydrogen-bond donors (Lipinski definition) is 3. The van der Waals surface area contributed by atoms with Crippen LogP contribution in [0, 0.1) is 7.14 Å². The van der Waals surface area contributed by atoms with E-state index in [2.05, 4.69) is 10.6 Å². The Hall–Kier alpha value is -0.780. The molecule has 0 saturated heterocycles. The van der Waals surface area contributed by atoms with E-state index in [0.717, 1.165) is 5.56 Å². The molecular weight excluding hydrogens is 538 g/mol. The van der Waals surface area contributed by atoms with Crippen molar-refractivity contribution in [2.45, 2.75) is 45.8 Å². The molecule has 134 valence electrons. The summed E-state index contributed by atoms with van der Waals surface area (Å²) in [7, 11) is 0. The number of carbonyl (C=O) groups excluding carboxylic acids is 2. The van der Waals surface area contributed by atoms with Gasteiger partial charge in [-0.05, 0) is 90.6 Å². The van der Waals surface area contributed by atoms with Crippen molar-refractivity contribution in [3.63, 3.8) is 0 Å². The van der Waals surface area contributed by atoms with E-state index in [1.807, 2.05) is 52.1 Å². The summed E-state index contributed by atoms with van der Waals surface area (Å²) < 4.78 is 6.62. The molecule has 0 radical (unpaired) electrons.